The number of amides is 2. The van der Waals surface area contributed by atoms with Gasteiger partial charge in [0, 0.05) is 36.6 Å². The Kier molecular flexibility index (Phi) is 5.86. The summed E-state index contributed by atoms with van der Waals surface area (Å²) in [4.78, 5) is 14.7. The van der Waals surface area contributed by atoms with Crippen molar-refractivity contribution in [2.45, 2.75) is 12.0 Å². The molecule has 2 fully saturated rings. The molecule has 7 heteroatoms. The molecule has 24 heavy (non-hydrogen) atoms. The van der Waals surface area contributed by atoms with Crippen LogP contribution in [0.4, 0.5) is 10.5 Å². The smallest absolute Gasteiger partial charge is 0.319 e. The van der Waals surface area contributed by atoms with Gasteiger partial charge in [-0.1, -0.05) is 0 Å². The first kappa shape index (κ1) is 17.4. The van der Waals surface area contributed by atoms with Crippen LogP contribution in [-0.4, -0.2) is 67.9 Å². The van der Waals surface area contributed by atoms with Crippen molar-refractivity contribution >= 4 is 23.5 Å². The van der Waals surface area contributed by atoms with E-state index in [1.807, 2.05) is 36.0 Å². The molecule has 0 spiro atoms. The summed E-state index contributed by atoms with van der Waals surface area (Å²) < 4.78 is 10.6. The molecule has 0 aromatic heterocycles. The van der Waals surface area contributed by atoms with Crippen molar-refractivity contribution in [1.29, 1.82) is 0 Å². The van der Waals surface area contributed by atoms with E-state index in [1.165, 1.54) is 0 Å². The minimum absolute atomic E-state index is 0.0612. The highest BCUT2D eigenvalue weighted by Gasteiger charge is 2.40. The quantitative estimate of drug-likeness (QED) is 0.850. The number of methoxy groups -OCH3 is 1. The van der Waals surface area contributed by atoms with Crippen LogP contribution in [0.15, 0.2) is 24.3 Å². The predicted molar refractivity (Wildman–Crippen MR) is 97.1 cm³/mol. The summed E-state index contributed by atoms with van der Waals surface area (Å²) in [5.74, 6) is 2.99. The fourth-order valence-electron chi connectivity index (χ4n) is 3.23. The van der Waals surface area contributed by atoms with Gasteiger partial charge in [-0.05, 0) is 36.4 Å². The Morgan fingerprint density at radius 2 is 2.08 bits per heavy atom. The lowest BCUT2D eigenvalue weighted by Crippen LogP contribution is -2.59. The summed E-state index contributed by atoms with van der Waals surface area (Å²) in [5, 5.41) is 5.94. The third-order valence-electron chi connectivity index (χ3n) is 4.69. The molecule has 6 nitrogen and oxygen atoms in total. The lowest BCUT2D eigenvalue weighted by atomic mass is 9.95. The van der Waals surface area contributed by atoms with Crippen LogP contribution in [0.3, 0.4) is 0 Å². The number of morpholine rings is 1. The van der Waals surface area contributed by atoms with Crippen LogP contribution in [0.5, 0.6) is 5.75 Å². The van der Waals surface area contributed by atoms with Crippen molar-refractivity contribution in [3.63, 3.8) is 0 Å². The normalized spacial score (nSPS) is 24.5. The number of hydrogen-bond acceptors (Lipinski definition) is 5. The maximum absolute atomic E-state index is 12.2. The molecule has 1 aromatic carbocycles. The Balaban J connectivity index is 1.54. The standard InChI is InChI=1S/C17H25N3O3S/c1-22-15-4-2-14(3-5-15)19-16(21)18-12-17(6-11-24-13-17)20-7-9-23-10-8-20/h2-5H,6-13H2,1H3,(H2,18,19,21). The summed E-state index contributed by atoms with van der Waals surface area (Å²) in [6.07, 6.45) is 1.11. The monoisotopic (exact) mass is 351 g/mol. The second-order valence-corrected chi connectivity index (χ2v) is 7.27. The van der Waals surface area contributed by atoms with Crippen molar-refractivity contribution in [3.05, 3.63) is 24.3 Å². The van der Waals surface area contributed by atoms with Crippen LogP contribution in [0.25, 0.3) is 0 Å². The van der Waals surface area contributed by atoms with Gasteiger partial charge in [0.15, 0.2) is 0 Å². The average Bonchev–Trinajstić information content (AvgIpc) is 3.12. The molecule has 2 saturated heterocycles. The summed E-state index contributed by atoms with van der Waals surface area (Å²) in [7, 11) is 1.62. The fourth-order valence-corrected chi connectivity index (χ4v) is 4.71. The van der Waals surface area contributed by atoms with Gasteiger partial charge >= 0.3 is 6.03 Å². The number of carbonyl (C=O) groups excluding carboxylic acids is 1. The maximum Gasteiger partial charge on any atom is 0.319 e. The first-order chi connectivity index (χ1) is 11.7. The Hall–Kier alpha value is -1.44. The van der Waals surface area contributed by atoms with Gasteiger partial charge in [0.05, 0.1) is 20.3 Å². The molecular weight excluding hydrogens is 326 g/mol. The van der Waals surface area contributed by atoms with E-state index < -0.39 is 0 Å². The molecule has 2 amide bonds. The minimum atomic E-state index is -0.162. The van der Waals surface area contributed by atoms with Crippen molar-refractivity contribution in [2.75, 3.05) is 56.8 Å². The molecule has 3 rings (SSSR count). The zero-order valence-electron chi connectivity index (χ0n) is 14.0. The number of hydrogen-bond donors (Lipinski definition) is 2. The SMILES string of the molecule is COc1ccc(NC(=O)NCC2(N3CCOCC3)CCSC2)cc1. The Labute approximate surface area is 147 Å². The van der Waals surface area contributed by atoms with Gasteiger partial charge in [0.25, 0.3) is 0 Å². The van der Waals surface area contributed by atoms with Gasteiger partial charge in [-0.3, -0.25) is 4.90 Å². The molecule has 132 valence electrons. The molecule has 0 radical (unpaired) electrons. The Morgan fingerprint density at radius 1 is 1.33 bits per heavy atom. The van der Waals surface area contributed by atoms with Crippen LogP contribution in [-0.2, 0) is 4.74 Å². The number of rotatable bonds is 5. The van der Waals surface area contributed by atoms with Gasteiger partial charge in [-0.25, -0.2) is 4.79 Å². The second kappa shape index (κ2) is 8.09. The number of nitrogens with one attached hydrogen (secondary N) is 2. The van der Waals surface area contributed by atoms with Crippen molar-refractivity contribution in [2.24, 2.45) is 0 Å². The predicted octanol–water partition coefficient (Wildman–Crippen LogP) is 2.02. The number of nitrogens with zero attached hydrogens (tertiary/aromatic N) is 1. The summed E-state index contributed by atoms with van der Waals surface area (Å²) in [6, 6.07) is 7.17. The zero-order valence-corrected chi connectivity index (χ0v) is 14.9. The van der Waals surface area contributed by atoms with Gasteiger partial charge < -0.3 is 20.1 Å². The maximum atomic E-state index is 12.2. The molecule has 0 aliphatic carbocycles. The van der Waals surface area contributed by atoms with Crippen LogP contribution in [0.2, 0.25) is 0 Å². The van der Waals surface area contributed by atoms with E-state index in [9.17, 15) is 4.79 Å². The molecule has 2 heterocycles. The molecule has 0 saturated carbocycles. The summed E-state index contributed by atoms with van der Waals surface area (Å²) in [5.41, 5.74) is 0.820. The van der Waals surface area contributed by atoms with E-state index in [0.717, 1.165) is 55.7 Å². The molecule has 1 unspecified atom stereocenters. The van der Waals surface area contributed by atoms with E-state index in [-0.39, 0.29) is 11.6 Å². The van der Waals surface area contributed by atoms with Gasteiger partial charge in [0.2, 0.25) is 0 Å². The van der Waals surface area contributed by atoms with E-state index in [1.54, 1.807) is 7.11 Å². The number of urea groups is 1. The summed E-state index contributed by atoms with van der Waals surface area (Å²) in [6.45, 7) is 4.13. The van der Waals surface area contributed by atoms with Crippen LogP contribution in [0.1, 0.15) is 6.42 Å². The van der Waals surface area contributed by atoms with E-state index in [0.29, 0.717) is 6.54 Å². The van der Waals surface area contributed by atoms with E-state index >= 15 is 0 Å². The van der Waals surface area contributed by atoms with Crippen LogP contribution >= 0.6 is 11.8 Å². The zero-order chi connectivity index (χ0) is 16.8. The fraction of sp³-hybridized carbons (Fsp3) is 0.588. The molecule has 1 atom stereocenters. The second-order valence-electron chi connectivity index (χ2n) is 6.16. The lowest BCUT2D eigenvalue weighted by Gasteiger charge is -2.43. The van der Waals surface area contributed by atoms with Crippen LogP contribution in [0, 0.1) is 0 Å². The summed E-state index contributed by atoms with van der Waals surface area (Å²) >= 11 is 1.97. The Bertz CT molecular complexity index is 541. The third kappa shape index (κ3) is 4.15. The molecule has 2 aliphatic rings. The van der Waals surface area contributed by atoms with Gasteiger partial charge in [-0.15, -0.1) is 0 Å². The number of anilines is 1. The van der Waals surface area contributed by atoms with Crippen molar-refractivity contribution in [1.82, 2.24) is 10.2 Å². The van der Waals surface area contributed by atoms with Crippen molar-refractivity contribution in [3.8, 4) is 5.75 Å². The highest BCUT2D eigenvalue weighted by molar-refractivity contribution is 7.99. The Morgan fingerprint density at radius 3 is 2.71 bits per heavy atom. The number of carbonyl (C=O) groups is 1. The molecule has 2 aliphatic heterocycles. The molecule has 2 N–H and O–H groups in total. The third-order valence-corrected chi connectivity index (χ3v) is 5.92. The van der Waals surface area contributed by atoms with Crippen LogP contribution < -0.4 is 15.4 Å². The number of thioether (sulfide) groups is 1. The lowest BCUT2D eigenvalue weighted by molar-refractivity contribution is -0.0123. The van der Waals surface area contributed by atoms with E-state index in [2.05, 4.69) is 15.5 Å². The first-order valence-corrected chi connectivity index (χ1v) is 9.47. The average molecular weight is 351 g/mol. The van der Waals surface area contributed by atoms with Gasteiger partial charge in [-0.2, -0.15) is 11.8 Å². The molecule has 0 bridgehead atoms. The molecular formula is C17H25N3O3S. The van der Waals surface area contributed by atoms with E-state index in [4.69, 9.17) is 9.47 Å². The van der Waals surface area contributed by atoms with Gasteiger partial charge in [0.1, 0.15) is 5.75 Å². The minimum Gasteiger partial charge on any atom is -0.497 e. The number of ether oxygens (including phenoxy) is 2. The molecule has 1 aromatic rings. The van der Waals surface area contributed by atoms with Crippen molar-refractivity contribution < 1.29 is 14.3 Å². The topological polar surface area (TPSA) is 62.8 Å². The first-order valence-electron chi connectivity index (χ1n) is 8.31. The number of benzene rings is 1. The highest BCUT2D eigenvalue weighted by atomic mass is 32.2. The highest BCUT2D eigenvalue weighted by Crippen LogP contribution is 2.33. The largest absolute Gasteiger partial charge is 0.497 e.